The Morgan fingerprint density at radius 1 is 0.970 bits per heavy atom. The van der Waals surface area contributed by atoms with Crippen molar-refractivity contribution in [3.8, 4) is 5.75 Å². The van der Waals surface area contributed by atoms with Crippen LogP contribution in [0.15, 0.2) is 88.1 Å². The first kappa shape index (κ1) is 21.9. The molecular formula is C25H22N2O6. The summed E-state index contributed by atoms with van der Waals surface area (Å²) in [4.78, 5) is 38.5. The van der Waals surface area contributed by atoms with Crippen LogP contribution in [0.2, 0.25) is 0 Å². The van der Waals surface area contributed by atoms with Gasteiger partial charge in [0.05, 0.1) is 12.6 Å². The molecule has 1 amide bonds. The summed E-state index contributed by atoms with van der Waals surface area (Å²) >= 11 is 0. The van der Waals surface area contributed by atoms with Crippen LogP contribution in [-0.4, -0.2) is 23.6 Å². The van der Waals surface area contributed by atoms with Crippen molar-refractivity contribution in [1.29, 1.82) is 0 Å². The zero-order chi connectivity index (χ0) is 23.4. The average molecular weight is 446 g/mol. The molecule has 1 N–H and O–H groups in total. The summed E-state index contributed by atoms with van der Waals surface area (Å²) in [7, 11) is 1.53. The molecule has 0 saturated carbocycles. The fourth-order valence-electron chi connectivity index (χ4n) is 3.48. The number of benzene rings is 3. The third kappa shape index (κ3) is 4.64. The van der Waals surface area contributed by atoms with E-state index in [2.05, 4.69) is 5.32 Å². The first-order valence-electron chi connectivity index (χ1n) is 10.3. The van der Waals surface area contributed by atoms with Gasteiger partial charge in [-0.25, -0.2) is 9.59 Å². The Hall–Kier alpha value is -4.33. The van der Waals surface area contributed by atoms with Crippen LogP contribution in [0.5, 0.6) is 5.75 Å². The van der Waals surface area contributed by atoms with Gasteiger partial charge < -0.3 is 19.2 Å². The maximum atomic E-state index is 13.1. The van der Waals surface area contributed by atoms with E-state index >= 15 is 0 Å². The highest BCUT2D eigenvalue weighted by Gasteiger charge is 2.30. The maximum absolute atomic E-state index is 13.1. The molecule has 33 heavy (non-hydrogen) atoms. The molecule has 4 aromatic rings. The van der Waals surface area contributed by atoms with E-state index in [0.29, 0.717) is 28.1 Å². The van der Waals surface area contributed by atoms with E-state index in [4.69, 9.17) is 13.9 Å². The van der Waals surface area contributed by atoms with Crippen molar-refractivity contribution in [3.63, 3.8) is 0 Å². The van der Waals surface area contributed by atoms with Crippen LogP contribution in [0.4, 0.5) is 5.69 Å². The van der Waals surface area contributed by atoms with Crippen LogP contribution in [0.1, 0.15) is 24.6 Å². The number of carbonyl (C=O) groups is 2. The van der Waals surface area contributed by atoms with Crippen molar-refractivity contribution in [1.82, 2.24) is 4.57 Å². The molecule has 4 rings (SSSR count). The molecule has 0 aliphatic heterocycles. The van der Waals surface area contributed by atoms with Crippen LogP contribution >= 0.6 is 0 Å². The minimum Gasteiger partial charge on any atom is -0.497 e. The van der Waals surface area contributed by atoms with E-state index in [1.165, 1.54) is 18.6 Å². The number of methoxy groups -OCH3 is 1. The average Bonchev–Trinajstić information content (AvgIpc) is 3.18. The number of hydrogen-bond donors (Lipinski definition) is 1. The zero-order valence-corrected chi connectivity index (χ0v) is 18.1. The van der Waals surface area contributed by atoms with E-state index in [1.54, 1.807) is 78.9 Å². The summed E-state index contributed by atoms with van der Waals surface area (Å²) < 4.78 is 17.2. The number of nitrogens with one attached hydrogen (secondary N) is 1. The molecule has 0 spiro atoms. The second-order valence-electron chi connectivity index (χ2n) is 7.33. The lowest BCUT2D eigenvalue weighted by molar-refractivity contribution is -0.157. The van der Waals surface area contributed by atoms with Gasteiger partial charge in [0, 0.05) is 17.3 Å². The zero-order valence-electron chi connectivity index (χ0n) is 18.1. The normalized spacial score (nSPS) is 12.7. The fraction of sp³-hybridized carbons (Fsp3) is 0.160. The quantitative estimate of drug-likeness (QED) is 0.429. The molecule has 0 bridgehead atoms. The molecule has 0 radical (unpaired) electrons. The van der Waals surface area contributed by atoms with Gasteiger partial charge in [0.2, 0.25) is 6.10 Å². The Balaban J connectivity index is 1.61. The van der Waals surface area contributed by atoms with Gasteiger partial charge in [-0.15, -0.1) is 0 Å². The number of nitrogens with zero attached hydrogens (tertiary/aromatic N) is 1. The highest BCUT2D eigenvalue weighted by molar-refractivity contribution is 5.96. The number of rotatable bonds is 7. The van der Waals surface area contributed by atoms with Gasteiger partial charge in [-0.1, -0.05) is 48.5 Å². The number of oxazole rings is 1. The van der Waals surface area contributed by atoms with E-state index in [0.717, 1.165) is 0 Å². The topological polar surface area (TPSA) is 99.8 Å². The van der Waals surface area contributed by atoms with Gasteiger partial charge in [0.15, 0.2) is 5.58 Å². The largest absolute Gasteiger partial charge is 0.497 e. The van der Waals surface area contributed by atoms with Crippen LogP contribution in [0, 0.1) is 0 Å². The molecule has 0 saturated heterocycles. The molecule has 1 heterocycles. The second kappa shape index (κ2) is 9.44. The number of anilines is 1. The summed E-state index contributed by atoms with van der Waals surface area (Å²) in [6, 6.07) is 21.3. The van der Waals surface area contributed by atoms with Gasteiger partial charge >= 0.3 is 11.7 Å². The second-order valence-corrected chi connectivity index (χ2v) is 7.33. The number of hydrogen-bond acceptors (Lipinski definition) is 6. The third-order valence-electron chi connectivity index (χ3n) is 5.16. The minimum absolute atomic E-state index is 0.359. The van der Waals surface area contributed by atoms with Crippen molar-refractivity contribution in [2.75, 3.05) is 12.4 Å². The molecular weight excluding hydrogens is 424 g/mol. The van der Waals surface area contributed by atoms with Gasteiger partial charge in [-0.3, -0.25) is 9.36 Å². The van der Waals surface area contributed by atoms with Gasteiger partial charge in [0.1, 0.15) is 11.8 Å². The molecule has 0 unspecified atom stereocenters. The van der Waals surface area contributed by atoms with E-state index in [1.807, 2.05) is 0 Å². The third-order valence-corrected chi connectivity index (χ3v) is 5.16. The predicted molar refractivity (Wildman–Crippen MR) is 122 cm³/mol. The van der Waals surface area contributed by atoms with Crippen LogP contribution < -0.4 is 15.8 Å². The minimum atomic E-state index is -1.23. The van der Waals surface area contributed by atoms with Crippen molar-refractivity contribution >= 4 is 28.7 Å². The summed E-state index contributed by atoms with van der Waals surface area (Å²) in [5.74, 6) is -1.41. The number of esters is 1. The Morgan fingerprint density at radius 2 is 1.70 bits per heavy atom. The summed E-state index contributed by atoms with van der Waals surface area (Å²) in [5.41, 5.74) is 1.80. The molecule has 8 nitrogen and oxygen atoms in total. The smallest absolute Gasteiger partial charge is 0.420 e. The Labute approximate surface area is 189 Å². The lowest BCUT2D eigenvalue weighted by Crippen LogP contribution is -2.31. The molecule has 168 valence electrons. The number of carbonyl (C=O) groups excluding carboxylic acids is 2. The number of ether oxygens (including phenoxy) is 2. The monoisotopic (exact) mass is 446 g/mol. The highest BCUT2D eigenvalue weighted by atomic mass is 16.6. The maximum Gasteiger partial charge on any atom is 0.420 e. The molecule has 2 atom stereocenters. The first-order valence-corrected chi connectivity index (χ1v) is 10.3. The van der Waals surface area contributed by atoms with E-state index in [9.17, 15) is 14.4 Å². The van der Waals surface area contributed by atoms with E-state index in [-0.39, 0.29) is 0 Å². The standard InChI is InChI=1S/C25H22N2O6/c1-16(27-20-13-6-7-14-21(20)32-25(27)30)24(29)33-22(17-9-4-3-5-10-17)23(28)26-18-11-8-12-19(15-18)31-2/h3-16,22H,1-2H3,(H,26,28)/t16-,22-/m1/s1. The van der Waals surface area contributed by atoms with Crippen molar-refractivity contribution in [2.45, 2.75) is 19.1 Å². The Morgan fingerprint density at radius 3 is 2.45 bits per heavy atom. The van der Waals surface area contributed by atoms with Crippen LogP contribution in [0.3, 0.4) is 0 Å². The SMILES string of the molecule is COc1cccc(NC(=O)[C@H](OC(=O)[C@@H](C)n2c(=O)oc3ccccc32)c2ccccc2)c1. The lowest BCUT2D eigenvalue weighted by Gasteiger charge is -2.20. The number of amides is 1. The highest BCUT2D eigenvalue weighted by Crippen LogP contribution is 2.25. The van der Waals surface area contributed by atoms with Crippen molar-refractivity contribution < 1.29 is 23.5 Å². The molecule has 0 aliphatic rings. The number of para-hydroxylation sites is 2. The summed E-state index contributed by atoms with van der Waals surface area (Å²) in [5, 5.41) is 2.75. The van der Waals surface area contributed by atoms with E-state index < -0.39 is 29.8 Å². The Bertz CT molecular complexity index is 1340. The molecule has 0 fully saturated rings. The molecule has 1 aromatic heterocycles. The predicted octanol–water partition coefficient (Wildman–Crippen LogP) is 4.09. The molecule has 0 aliphatic carbocycles. The summed E-state index contributed by atoms with van der Waals surface area (Å²) in [6.07, 6.45) is -1.23. The Kier molecular flexibility index (Phi) is 6.26. The number of aromatic nitrogens is 1. The van der Waals surface area contributed by atoms with Crippen molar-refractivity contribution in [3.05, 3.63) is 95.0 Å². The van der Waals surface area contributed by atoms with Crippen LogP contribution in [0.25, 0.3) is 11.1 Å². The first-order chi connectivity index (χ1) is 16.0. The van der Waals surface area contributed by atoms with Gasteiger partial charge in [-0.2, -0.15) is 0 Å². The van der Waals surface area contributed by atoms with Gasteiger partial charge in [0.25, 0.3) is 5.91 Å². The number of fused-ring (bicyclic) bond motifs is 1. The molecule has 8 heteroatoms. The van der Waals surface area contributed by atoms with Crippen LogP contribution in [-0.2, 0) is 14.3 Å². The summed E-state index contributed by atoms with van der Waals surface area (Å²) in [6.45, 7) is 1.52. The van der Waals surface area contributed by atoms with Crippen molar-refractivity contribution in [2.24, 2.45) is 0 Å². The lowest BCUT2D eigenvalue weighted by atomic mass is 10.1. The molecule has 3 aromatic carbocycles. The fourth-order valence-corrected chi connectivity index (χ4v) is 3.48. The van der Waals surface area contributed by atoms with Gasteiger partial charge in [-0.05, 0) is 31.2 Å².